The van der Waals surface area contributed by atoms with Gasteiger partial charge in [-0.3, -0.25) is 9.47 Å². The molecule has 4 heterocycles. The number of carbonyl (C=O) groups is 3. The monoisotopic (exact) mass is 482 g/mol. The van der Waals surface area contributed by atoms with Crippen molar-refractivity contribution in [2.75, 3.05) is 10.2 Å². The zero-order chi connectivity index (χ0) is 24.9. The lowest BCUT2D eigenvalue weighted by atomic mass is 10.1. The topological polar surface area (TPSA) is 163 Å². The van der Waals surface area contributed by atoms with Gasteiger partial charge in [0.1, 0.15) is 0 Å². The molecule has 2 aliphatic heterocycles. The summed E-state index contributed by atoms with van der Waals surface area (Å²) in [7, 11) is 0. The van der Waals surface area contributed by atoms with Gasteiger partial charge < -0.3 is 20.6 Å². The summed E-state index contributed by atoms with van der Waals surface area (Å²) in [4.78, 5) is 46.1. The van der Waals surface area contributed by atoms with Crippen LogP contribution < -0.4 is 10.2 Å². The zero-order valence-electron chi connectivity index (χ0n) is 18.1. The Morgan fingerprint density at radius 1 is 0.722 bits per heavy atom. The molecule has 176 valence electrons. The van der Waals surface area contributed by atoms with Gasteiger partial charge in [-0.05, 0) is 54.6 Å². The molecule has 2 aromatic heterocycles. The molecule has 12 nitrogen and oxygen atoms in total. The van der Waals surface area contributed by atoms with Crippen molar-refractivity contribution in [3.05, 3.63) is 71.3 Å². The summed E-state index contributed by atoms with van der Waals surface area (Å²) in [5.74, 6) is -2.38. The van der Waals surface area contributed by atoms with Gasteiger partial charge in [-0.2, -0.15) is 0 Å². The Bertz CT molecular complexity index is 1840. The number of anilines is 3. The van der Waals surface area contributed by atoms with Gasteiger partial charge in [-0.15, -0.1) is 0 Å². The van der Waals surface area contributed by atoms with Crippen molar-refractivity contribution >= 4 is 57.3 Å². The van der Waals surface area contributed by atoms with Gasteiger partial charge in [-0.1, -0.05) is 0 Å². The van der Waals surface area contributed by atoms with Crippen molar-refractivity contribution in [2.45, 2.75) is 6.29 Å². The first-order valence-corrected chi connectivity index (χ1v) is 10.8. The molecule has 0 amide bonds. The number of carboxylic acids is 3. The maximum Gasteiger partial charge on any atom is 0.335 e. The normalized spacial score (nSPS) is 15.2. The number of hydrogen-bond acceptors (Lipinski definition) is 7. The third kappa shape index (κ3) is 2.49. The number of imidazole rings is 2. The number of carboxylic acid groups (broad SMARTS) is 3. The average molecular weight is 482 g/mol. The predicted octanol–water partition coefficient (Wildman–Crippen LogP) is 3.50. The van der Waals surface area contributed by atoms with Crippen molar-refractivity contribution in [3.63, 3.8) is 0 Å². The van der Waals surface area contributed by atoms with Crippen molar-refractivity contribution < 1.29 is 29.7 Å². The number of fused-ring (bicyclic) bond motifs is 12. The molecule has 0 bridgehead atoms. The second-order valence-electron chi connectivity index (χ2n) is 8.47. The summed E-state index contributed by atoms with van der Waals surface area (Å²) in [6, 6.07) is 14.0. The maximum atomic E-state index is 11.7. The van der Waals surface area contributed by atoms with E-state index in [1.807, 2.05) is 9.47 Å². The van der Waals surface area contributed by atoms with Crippen LogP contribution in [-0.4, -0.2) is 52.3 Å². The first kappa shape index (κ1) is 20.0. The smallest absolute Gasteiger partial charge is 0.335 e. The van der Waals surface area contributed by atoms with Crippen LogP contribution in [-0.2, 0) is 0 Å². The number of aromatic nitrogens is 4. The fourth-order valence-electron chi connectivity index (χ4n) is 4.90. The van der Waals surface area contributed by atoms with Crippen LogP contribution in [0.15, 0.2) is 54.6 Å². The molecule has 0 saturated carbocycles. The van der Waals surface area contributed by atoms with Crippen LogP contribution >= 0.6 is 0 Å². The minimum atomic E-state index is -1.09. The number of nitrogens with one attached hydrogen (secondary N) is 1. The minimum Gasteiger partial charge on any atom is -0.478 e. The molecule has 7 rings (SSSR count). The van der Waals surface area contributed by atoms with Crippen LogP contribution in [0, 0.1) is 0 Å². The molecule has 1 unspecified atom stereocenters. The summed E-state index contributed by atoms with van der Waals surface area (Å²) in [5.41, 5.74) is 3.61. The quantitative estimate of drug-likeness (QED) is 0.299. The Labute approximate surface area is 200 Å². The summed E-state index contributed by atoms with van der Waals surface area (Å²) in [6.45, 7) is 0. The Hall–Kier alpha value is -5.39. The van der Waals surface area contributed by atoms with Gasteiger partial charge in [0.05, 0.1) is 50.1 Å². The highest BCUT2D eigenvalue weighted by atomic mass is 16.4. The molecule has 5 aromatic rings. The SMILES string of the molecule is O=C(O)c1ccc2c(c1)N1c3nc4cc(C(=O)O)ccc4n3-c3nc4cc(C(=O)O)ccc4n3C1N2. The van der Waals surface area contributed by atoms with E-state index < -0.39 is 24.2 Å². The number of nitrogens with zero attached hydrogens (tertiary/aromatic N) is 5. The van der Waals surface area contributed by atoms with Gasteiger partial charge in [-0.25, -0.2) is 28.9 Å². The van der Waals surface area contributed by atoms with Crippen molar-refractivity contribution in [1.29, 1.82) is 0 Å². The van der Waals surface area contributed by atoms with E-state index in [1.54, 1.807) is 28.8 Å². The van der Waals surface area contributed by atoms with Crippen LogP contribution in [0.4, 0.5) is 17.3 Å². The van der Waals surface area contributed by atoms with Gasteiger partial charge >= 0.3 is 17.9 Å². The van der Waals surface area contributed by atoms with E-state index in [0.29, 0.717) is 45.3 Å². The average Bonchev–Trinajstić information content (AvgIpc) is 3.52. The molecule has 0 radical (unpaired) electrons. The van der Waals surface area contributed by atoms with Crippen LogP contribution in [0.5, 0.6) is 0 Å². The molecular weight excluding hydrogens is 468 g/mol. The largest absolute Gasteiger partial charge is 0.478 e. The lowest BCUT2D eigenvalue weighted by Gasteiger charge is -2.33. The summed E-state index contributed by atoms with van der Waals surface area (Å²) >= 11 is 0. The van der Waals surface area contributed by atoms with Crippen molar-refractivity contribution in [3.8, 4) is 5.95 Å². The van der Waals surface area contributed by atoms with E-state index in [-0.39, 0.29) is 16.7 Å². The number of benzene rings is 3. The molecular formula is C24H14N6O6. The summed E-state index contributed by atoms with van der Waals surface area (Å²) < 4.78 is 3.63. The van der Waals surface area contributed by atoms with Gasteiger partial charge in [0.2, 0.25) is 11.9 Å². The Morgan fingerprint density at radius 3 is 1.94 bits per heavy atom. The maximum absolute atomic E-state index is 11.7. The highest BCUT2D eigenvalue weighted by Crippen LogP contribution is 2.49. The van der Waals surface area contributed by atoms with Crippen LogP contribution in [0.25, 0.3) is 28.0 Å². The molecule has 4 N–H and O–H groups in total. The Balaban J connectivity index is 1.57. The van der Waals surface area contributed by atoms with Gasteiger partial charge in [0.15, 0.2) is 6.29 Å². The predicted molar refractivity (Wildman–Crippen MR) is 126 cm³/mol. The van der Waals surface area contributed by atoms with Crippen molar-refractivity contribution in [1.82, 2.24) is 19.1 Å². The molecule has 0 spiro atoms. The van der Waals surface area contributed by atoms with Crippen LogP contribution in [0.1, 0.15) is 37.4 Å². The molecule has 0 saturated heterocycles. The molecule has 1 atom stereocenters. The highest BCUT2D eigenvalue weighted by molar-refractivity contribution is 5.98. The Kier molecular flexibility index (Phi) is 3.67. The second-order valence-corrected chi connectivity index (χ2v) is 8.47. The molecule has 0 aliphatic carbocycles. The molecule has 2 aliphatic rings. The van der Waals surface area contributed by atoms with E-state index in [4.69, 9.17) is 9.97 Å². The minimum absolute atomic E-state index is 0.0715. The standard InChI is InChI=1S/C24H14N6O6/c31-19(32)10-2-5-16-14(7-10)26-23-28(16)22-25-13-4-1-12(21(35)36)9-18(13)30(22)24-27-15-8-11(20(33)34)3-6-17(15)29(23)24/h1-9,22,25H,(H,31,32)(H,33,34)(H,35,36). The lowest BCUT2D eigenvalue weighted by molar-refractivity contribution is 0.0686. The number of rotatable bonds is 3. The fraction of sp³-hybridized carbons (Fsp3) is 0.0417. The Morgan fingerprint density at radius 2 is 1.28 bits per heavy atom. The van der Waals surface area contributed by atoms with E-state index in [1.165, 1.54) is 30.3 Å². The third-order valence-electron chi connectivity index (χ3n) is 6.49. The summed E-state index contributed by atoms with van der Waals surface area (Å²) in [5, 5.41) is 31.9. The zero-order valence-corrected chi connectivity index (χ0v) is 18.1. The molecule has 0 fully saturated rings. The molecule has 12 heteroatoms. The van der Waals surface area contributed by atoms with E-state index in [9.17, 15) is 29.7 Å². The first-order valence-electron chi connectivity index (χ1n) is 10.8. The van der Waals surface area contributed by atoms with E-state index in [0.717, 1.165) is 0 Å². The van der Waals surface area contributed by atoms with Crippen LogP contribution in [0.2, 0.25) is 0 Å². The van der Waals surface area contributed by atoms with Crippen LogP contribution in [0.3, 0.4) is 0 Å². The van der Waals surface area contributed by atoms with E-state index in [2.05, 4.69) is 5.32 Å². The summed E-state index contributed by atoms with van der Waals surface area (Å²) in [6.07, 6.45) is -0.581. The third-order valence-corrected chi connectivity index (χ3v) is 6.49. The molecule has 3 aromatic carbocycles. The van der Waals surface area contributed by atoms with Crippen molar-refractivity contribution in [2.24, 2.45) is 0 Å². The number of hydrogen-bond donors (Lipinski definition) is 4. The van der Waals surface area contributed by atoms with Gasteiger partial charge in [0, 0.05) is 0 Å². The fourth-order valence-corrected chi connectivity index (χ4v) is 4.90. The number of aromatic carboxylic acids is 3. The second kappa shape index (κ2) is 6.60. The van der Waals surface area contributed by atoms with Gasteiger partial charge in [0.25, 0.3) is 0 Å². The molecule has 36 heavy (non-hydrogen) atoms. The first-order chi connectivity index (χ1) is 17.3. The lowest BCUT2D eigenvalue weighted by Crippen LogP contribution is -2.36. The van der Waals surface area contributed by atoms with E-state index >= 15 is 0 Å². The highest BCUT2D eigenvalue weighted by Gasteiger charge is 2.42.